The van der Waals surface area contributed by atoms with Crippen molar-refractivity contribution in [2.24, 2.45) is 0 Å². The summed E-state index contributed by atoms with van der Waals surface area (Å²) in [6.45, 7) is 5.59. The van der Waals surface area contributed by atoms with Crippen molar-refractivity contribution in [3.05, 3.63) is 129 Å². The van der Waals surface area contributed by atoms with E-state index in [0.717, 1.165) is 47.9 Å². The lowest BCUT2D eigenvalue weighted by atomic mass is 10.1. The lowest BCUT2D eigenvalue weighted by Gasteiger charge is -2.08. The van der Waals surface area contributed by atoms with Gasteiger partial charge in [-0.2, -0.15) is 0 Å². The zero-order chi connectivity index (χ0) is 44.0. The second-order valence-electron chi connectivity index (χ2n) is 16.1. The highest BCUT2D eigenvalue weighted by Crippen LogP contribution is 2.20. The Hall–Kier alpha value is -5.90. The molecule has 0 spiro atoms. The summed E-state index contributed by atoms with van der Waals surface area (Å²) < 4.78 is 11.9. The predicted octanol–water partition coefficient (Wildman–Crippen LogP) is 13.9. The molecule has 4 aromatic carbocycles. The van der Waals surface area contributed by atoms with E-state index in [1.165, 1.54) is 103 Å². The molecule has 4 aromatic rings. The topological polar surface area (TPSA) is 93.1 Å². The number of carbonyl (C=O) groups is 2. The summed E-state index contributed by atoms with van der Waals surface area (Å²) in [5.74, 6) is 17.9. The van der Waals surface area contributed by atoms with Gasteiger partial charge in [0.15, 0.2) is 0 Å². The average Bonchev–Trinajstić information content (AvgIpc) is 3.28. The van der Waals surface area contributed by atoms with E-state index >= 15 is 0 Å². The Balaban J connectivity index is 1.25. The Bertz CT molecular complexity index is 2000. The van der Waals surface area contributed by atoms with Crippen LogP contribution in [-0.4, -0.2) is 35.4 Å². The molecule has 0 aromatic heterocycles. The van der Waals surface area contributed by atoms with Crippen LogP contribution >= 0.6 is 0 Å². The van der Waals surface area contributed by atoms with Crippen molar-refractivity contribution in [3.8, 4) is 47.0 Å². The molecule has 62 heavy (non-hydrogen) atoms. The van der Waals surface area contributed by atoms with Crippen LogP contribution in [0.15, 0.2) is 84.9 Å². The molecular formula is C56H66O6. The number of ether oxygens (including phenoxy) is 2. The molecule has 0 amide bonds. The molecule has 0 bridgehead atoms. The van der Waals surface area contributed by atoms with Gasteiger partial charge in [-0.05, 0) is 97.8 Å². The maximum absolute atomic E-state index is 11.8. The third-order valence-corrected chi connectivity index (χ3v) is 10.7. The summed E-state index contributed by atoms with van der Waals surface area (Å²) in [6.07, 6.45) is 24.8. The predicted molar refractivity (Wildman–Crippen MR) is 252 cm³/mol. The van der Waals surface area contributed by atoms with Crippen LogP contribution in [0.4, 0.5) is 0 Å². The number of aromatic carboxylic acids is 2. The van der Waals surface area contributed by atoms with Crippen LogP contribution in [0, 0.1) is 35.5 Å². The first-order valence-corrected chi connectivity index (χ1v) is 23.1. The summed E-state index contributed by atoms with van der Waals surface area (Å²) in [5.41, 5.74) is 4.71. The molecule has 0 saturated heterocycles. The van der Waals surface area contributed by atoms with Crippen LogP contribution in [0.1, 0.15) is 196 Å². The summed E-state index contributed by atoms with van der Waals surface area (Å²) in [7, 11) is 0. The molecule has 4 rings (SSSR count). The SMILES string of the molecule is CCCCCCCCCCCCOc1cc(C#Cc2ccc(C#Cc3ccc(C#Cc4cc(OCCCCCCCCCCCC)cc(C(=O)O)c4)cc3)cc2)cc(C(=O)O)c1. The standard InChI is InChI=1S/C56H66O6/c1-3-5-7-9-11-13-15-17-19-21-37-61-53-41-49(39-51(43-53)55(57)58)35-33-47-29-25-45(26-30-47)23-24-46-27-31-48(32-28-46)34-36-50-40-52(56(59)60)44-54(42-50)62-38-22-20-18-16-14-12-10-8-6-4-2/h25-32,39-44H,3-22,37-38H2,1-2H3,(H,57,58)(H,59,60). The normalized spacial score (nSPS) is 10.4. The van der Waals surface area contributed by atoms with Crippen LogP contribution in [0.3, 0.4) is 0 Å². The van der Waals surface area contributed by atoms with E-state index in [1.54, 1.807) is 36.4 Å². The fourth-order valence-corrected chi connectivity index (χ4v) is 7.02. The summed E-state index contributed by atoms with van der Waals surface area (Å²) in [6, 6.07) is 25.1. The smallest absolute Gasteiger partial charge is 0.335 e. The monoisotopic (exact) mass is 834 g/mol. The van der Waals surface area contributed by atoms with Gasteiger partial charge >= 0.3 is 11.9 Å². The molecule has 2 N–H and O–H groups in total. The third kappa shape index (κ3) is 20.1. The van der Waals surface area contributed by atoms with E-state index in [1.807, 2.05) is 48.5 Å². The second kappa shape index (κ2) is 29.4. The Morgan fingerprint density at radius 2 is 0.629 bits per heavy atom. The number of unbranched alkanes of at least 4 members (excludes halogenated alkanes) is 18. The molecule has 0 saturated carbocycles. The van der Waals surface area contributed by atoms with E-state index in [4.69, 9.17) is 9.47 Å². The highest BCUT2D eigenvalue weighted by Gasteiger charge is 2.09. The molecule has 0 aliphatic rings. The van der Waals surface area contributed by atoms with Crippen molar-refractivity contribution in [2.75, 3.05) is 13.2 Å². The van der Waals surface area contributed by atoms with Gasteiger partial charge in [0, 0.05) is 33.4 Å². The summed E-state index contributed by atoms with van der Waals surface area (Å²) in [5, 5.41) is 19.4. The van der Waals surface area contributed by atoms with E-state index < -0.39 is 11.9 Å². The number of rotatable bonds is 26. The molecule has 6 nitrogen and oxygen atoms in total. The maximum Gasteiger partial charge on any atom is 0.335 e. The van der Waals surface area contributed by atoms with Crippen LogP contribution < -0.4 is 9.47 Å². The molecule has 0 unspecified atom stereocenters. The van der Waals surface area contributed by atoms with Gasteiger partial charge in [0.25, 0.3) is 0 Å². The first-order valence-electron chi connectivity index (χ1n) is 23.1. The van der Waals surface area contributed by atoms with Crippen molar-refractivity contribution < 1.29 is 29.3 Å². The fourth-order valence-electron chi connectivity index (χ4n) is 7.02. The lowest BCUT2D eigenvalue weighted by Crippen LogP contribution is -2.01. The highest BCUT2D eigenvalue weighted by molar-refractivity contribution is 5.89. The van der Waals surface area contributed by atoms with Gasteiger partial charge in [-0.15, -0.1) is 0 Å². The maximum atomic E-state index is 11.8. The minimum atomic E-state index is -1.01. The minimum absolute atomic E-state index is 0.153. The zero-order valence-corrected chi connectivity index (χ0v) is 37.2. The van der Waals surface area contributed by atoms with Gasteiger partial charge in [-0.3, -0.25) is 0 Å². The van der Waals surface area contributed by atoms with Gasteiger partial charge in [0.2, 0.25) is 0 Å². The van der Waals surface area contributed by atoms with Crippen molar-refractivity contribution in [1.82, 2.24) is 0 Å². The summed E-state index contributed by atoms with van der Waals surface area (Å²) in [4.78, 5) is 23.6. The number of benzene rings is 4. The Labute approximate surface area is 371 Å². The molecule has 0 radical (unpaired) electrons. The molecule has 0 heterocycles. The van der Waals surface area contributed by atoms with Gasteiger partial charge in [-0.1, -0.05) is 165 Å². The van der Waals surface area contributed by atoms with Crippen LogP contribution in [0.2, 0.25) is 0 Å². The lowest BCUT2D eigenvalue weighted by molar-refractivity contribution is 0.0685. The number of hydrogen-bond acceptors (Lipinski definition) is 4. The molecule has 0 aliphatic heterocycles. The number of carboxylic acid groups (broad SMARTS) is 2. The Morgan fingerprint density at radius 1 is 0.371 bits per heavy atom. The highest BCUT2D eigenvalue weighted by atomic mass is 16.5. The number of carboxylic acids is 2. The van der Waals surface area contributed by atoms with Gasteiger partial charge in [-0.25, -0.2) is 9.59 Å². The van der Waals surface area contributed by atoms with E-state index in [2.05, 4.69) is 49.4 Å². The average molecular weight is 835 g/mol. The van der Waals surface area contributed by atoms with Gasteiger partial charge in [0.1, 0.15) is 11.5 Å². The van der Waals surface area contributed by atoms with Crippen LogP contribution in [0.25, 0.3) is 0 Å². The van der Waals surface area contributed by atoms with Crippen LogP contribution in [0.5, 0.6) is 11.5 Å². The second-order valence-corrected chi connectivity index (χ2v) is 16.1. The van der Waals surface area contributed by atoms with Crippen LogP contribution in [-0.2, 0) is 0 Å². The zero-order valence-electron chi connectivity index (χ0n) is 37.2. The number of hydrogen-bond donors (Lipinski definition) is 2. The first-order chi connectivity index (χ1) is 30.3. The third-order valence-electron chi connectivity index (χ3n) is 10.7. The largest absolute Gasteiger partial charge is 0.494 e. The Morgan fingerprint density at radius 3 is 0.903 bits per heavy atom. The van der Waals surface area contributed by atoms with Crippen molar-refractivity contribution in [3.63, 3.8) is 0 Å². The van der Waals surface area contributed by atoms with Crippen molar-refractivity contribution >= 4 is 11.9 Å². The minimum Gasteiger partial charge on any atom is -0.494 e. The van der Waals surface area contributed by atoms with Gasteiger partial charge in [0.05, 0.1) is 24.3 Å². The molecule has 6 heteroatoms. The first kappa shape index (κ1) is 48.8. The van der Waals surface area contributed by atoms with Gasteiger partial charge < -0.3 is 19.7 Å². The van der Waals surface area contributed by atoms with E-state index in [-0.39, 0.29) is 11.1 Å². The fraction of sp³-hybridized carbons (Fsp3) is 0.429. The van der Waals surface area contributed by atoms with Crippen molar-refractivity contribution in [1.29, 1.82) is 0 Å². The summed E-state index contributed by atoms with van der Waals surface area (Å²) >= 11 is 0. The molecule has 0 aliphatic carbocycles. The molecule has 0 fully saturated rings. The molecule has 326 valence electrons. The molecular weight excluding hydrogens is 769 g/mol. The Kier molecular flexibility index (Phi) is 23.1. The van der Waals surface area contributed by atoms with E-state index in [9.17, 15) is 19.8 Å². The quantitative estimate of drug-likeness (QED) is 0.0483. The van der Waals surface area contributed by atoms with E-state index in [0.29, 0.717) is 35.8 Å². The molecule has 0 atom stereocenters. The van der Waals surface area contributed by atoms with Crippen molar-refractivity contribution in [2.45, 2.75) is 142 Å².